The van der Waals surface area contributed by atoms with Gasteiger partial charge in [-0.1, -0.05) is 0 Å². The molecule has 0 rings (SSSR count). The lowest BCUT2D eigenvalue weighted by Crippen LogP contribution is -2.50. The van der Waals surface area contributed by atoms with Crippen molar-refractivity contribution in [3.05, 3.63) is 0 Å². The molecule has 0 aliphatic carbocycles. The van der Waals surface area contributed by atoms with Crippen molar-refractivity contribution in [1.29, 1.82) is 0 Å². The predicted molar refractivity (Wildman–Crippen MR) is 43.6 cm³/mol. The van der Waals surface area contributed by atoms with Crippen molar-refractivity contribution in [2.75, 3.05) is 0 Å². The molecule has 0 spiro atoms. The highest BCUT2D eigenvalue weighted by atomic mass is 31.2. The molecule has 0 fully saturated rings. The summed E-state index contributed by atoms with van der Waals surface area (Å²) in [7, 11) is -5.15. The van der Waals surface area contributed by atoms with Crippen LogP contribution in [0.4, 0.5) is 4.79 Å². The summed E-state index contributed by atoms with van der Waals surface area (Å²) in [5.41, 5.74) is -2.19. The Morgan fingerprint density at radius 2 is 1.57 bits per heavy atom. The molecule has 1 amide bonds. The van der Waals surface area contributed by atoms with Gasteiger partial charge in [-0.05, 0) is 13.8 Å². The van der Waals surface area contributed by atoms with E-state index in [0.29, 0.717) is 0 Å². The average Bonchev–Trinajstić information content (AvgIpc) is 1.79. The van der Waals surface area contributed by atoms with Crippen LogP contribution in [0.15, 0.2) is 0 Å². The molecule has 0 aromatic rings. The molecule has 0 aliphatic rings. The number of hydrogen-bond donors (Lipinski definition) is 4. The lowest BCUT2D eigenvalue weighted by atomic mass is 10.1. The largest absolute Gasteiger partial charge is 0.480 e. The van der Waals surface area contributed by atoms with Crippen LogP contribution in [0, 0.1) is 0 Å². The zero-order chi connectivity index (χ0) is 11.7. The number of nitrogens with zero attached hydrogens (tertiary/aromatic N) is 1. The minimum absolute atomic E-state index is 0.400. The van der Waals surface area contributed by atoms with E-state index in [1.807, 2.05) is 0 Å². The van der Waals surface area contributed by atoms with E-state index in [9.17, 15) is 14.2 Å². The van der Waals surface area contributed by atoms with Crippen LogP contribution in [-0.4, -0.2) is 42.3 Å². The van der Waals surface area contributed by atoms with Gasteiger partial charge >= 0.3 is 19.8 Å². The van der Waals surface area contributed by atoms with Crippen molar-refractivity contribution in [2.24, 2.45) is 0 Å². The fraction of sp³-hybridized carbons (Fsp3) is 0.600. The Balaban J connectivity index is 5.35. The van der Waals surface area contributed by atoms with Gasteiger partial charge in [0.05, 0.1) is 0 Å². The molecule has 0 aromatic heterocycles. The van der Waals surface area contributed by atoms with Crippen LogP contribution in [0.2, 0.25) is 0 Å². The molecule has 8 nitrogen and oxygen atoms in total. The third-order valence-corrected chi connectivity index (χ3v) is 2.69. The molecule has 4 N–H and O–H groups in total. The molecule has 0 saturated heterocycles. The normalized spacial score (nSPS) is 12.3. The maximum Gasteiger partial charge on any atom is 0.436 e. The fourth-order valence-corrected chi connectivity index (χ4v) is 1.73. The van der Waals surface area contributed by atoms with E-state index >= 15 is 0 Å². The van der Waals surface area contributed by atoms with Gasteiger partial charge in [-0.2, -0.15) is 4.67 Å². The lowest BCUT2D eigenvalue weighted by Gasteiger charge is -2.32. The highest BCUT2D eigenvalue weighted by Crippen LogP contribution is 2.45. The van der Waals surface area contributed by atoms with E-state index in [1.165, 1.54) is 0 Å². The monoisotopic (exact) mass is 227 g/mol. The van der Waals surface area contributed by atoms with Crippen molar-refractivity contribution < 1.29 is 34.2 Å². The van der Waals surface area contributed by atoms with Crippen LogP contribution in [0.5, 0.6) is 0 Å². The first kappa shape index (κ1) is 12.9. The zero-order valence-corrected chi connectivity index (χ0v) is 8.30. The Bertz CT molecular complexity index is 305. The van der Waals surface area contributed by atoms with E-state index in [4.69, 9.17) is 20.0 Å². The summed E-state index contributed by atoms with van der Waals surface area (Å²) < 4.78 is 10.3. The van der Waals surface area contributed by atoms with Gasteiger partial charge in [-0.3, -0.25) is 0 Å². The van der Waals surface area contributed by atoms with Gasteiger partial charge in [-0.25, -0.2) is 14.2 Å². The van der Waals surface area contributed by atoms with Gasteiger partial charge in [0.25, 0.3) is 0 Å². The van der Waals surface area contributed by atoms with Crippen LogP contribution in [0.3, 0.4) is 0 Å². The number of amides is 1. The lowest BCUT2D eigenvalue weighted by molar-refractivity contribution is -0.146. The molecule has 0 bridgehead atoms. The summed E-state index contributed by atoms with van der Waals surface area (Å²) in [6, 6.07) is 0. The molecular weight excluding hydrogens is 217 g/mol. The average molecular weight is 227 g/mol. The summed E-state index contributed by atoms with van der Waals surface area (Å²) in [5, 5.41) is 17.0. The molecule has 0 saturated carbocycles. The summed E-state index contributed by atoms with van der Waals surface area (Å²) in [4.78, 5) is 38.3. The Morgan fingerprint density at radius 3 is 1.64 bits per heavy atom. The van der Waals surface area contributed by atoms with Gasteiger partial charge in [0.15, 0.2) is 0 Å². The molecule has 82 valence electrons. The number of carbonyl (C=O) groups is 2. The summed E-state index contributed by atoms with van der Waals surface area (Å²) >= 11 is 0. The molecule has 0 radical (unpaired) electrons. The molecule has 0 aliphatic heterocycles. The second-order valence-corrected chi connectivity index (χ2v) is 4.40. The third kappa shape index (κ3) is 2.44. The van der Waals surface area contributed by atoms with E-state index in [1.54, 1.807) is 0 Å². The second-order valence-electron chi connectivity index (χ2n) is 2.97. The molecular formula is C5H10NO7P. The molecule has 14 heavy (non-hydrogen) atoms. The smallest absolute Gasteiger partial charge is 0.436 e. The minimum atomic E-state index is -5.15. The van der Waals surface area contributed by atoms with E-state index in [0.717, 1.165) is 13.8 Å². The maximum absolute atomic E-state index is 10.7. The first-order valence-corrected chi connectivity index (χ1v) is 4.90. The summed E-state index contributed by atoms with van der Waals surface area (Å²) in [6.45, 7) is 1.76. The molecule has 0 unspecified atom stereocenters. The number of rotatable bonds is 3. The Hall–Kier alpha value is -1.11. The van der Waals surface area contributed by atoms with E-state index in [-0.39, 0.29) is 0 Å². The molecule has 9 heteroatoms. The topological polar surface area (TPSA) is 135 Å². The fourth-order valence-electron chi connectivity index (χ4n) is 0.767. The van der Waals surface area contributed by atoms with Crippen LogP contribution in [0.1, 0.15) is 13.8 Å². The Labute approximate surface area is 79.0 Å². The third-order valence-electron chi connectivity index (χ3n) is 1.49. The minimum Gasteiger partial charge on any atom is -0.480 e. The first-order valence-electron chi connectivity index (χ1n) is 3.34. The van der Waals surface area contributed by atoms with Crippen LogP contribution in [0.25, 0.3) is 0 Å². The van der Waals surface area contributed by atoms with E-state index in [2.05, 4.69) is 0 Å². The van der Waals surface area contributed by atoms with Crippen LogP contribution in [-0.2, 0) is 9.36 Å². The standard InChI is InChI=1S/C5H10NO7P/c1-5(2,3(7)8)6(4(9)10)14(11,12)13/h1-2H3,(H,7,8)(H,9,10)(H2,11,12,13). The maximum atomic E-state index is 10.7. The zero-order valence-electron chi connectivity index (χ0n) is 7.41. The number of hydrogen-bond acceptors (Lipinski definition) is 3. The quantitative estimate of drug-likeness (QED) is 0.495. The summed E-state index contributed by atoms with van der Waals surface area (Å²) in [6.07, 6.45) is -1.99. The Kier molecular flexibility index (Phi) is 3.28. The summed E-state index contributed by atoms with van der Waals surface area (Å²) in [5.74, 6) is -1.65. The second kappa shape index (κ2) is 3.56. The van der Waals surface area contributed by atoms with Crippen LogP contribution >= 0.6 is 7.75 Å². The number of aliphatic carboxylic acids is 1. The van der Waals surface area contributed by atoms with Gasteiger partial charge in [0.2, 0.25) is 0 Å². The molecule has 0 aromatic carbocycles. The van der Waals surface area contributed by atoms with Gasteiger partial charge in [0, 0.05) is 0 Å². The Morgan fingerprint density at radius 1 is 1.21 bits per heavy atom. The first-order chi connectivity index (χ1) is 6.01. The highest BCUT2D eigenvalue weighted by Gasteiger charge is 2.47. The van der Waals surface area contributed by atoms with Crippen LogP contribution < -0.4 is 0 Å². The van der Waals surface area contributed by atoms with Crippen molar-refractivity contribution in [3.8, 4) is 0 Å². The number of carboxylic acid groups (broad SMARTS) is 2. The number of carboxylic acids is 1. The van der Waals surface area contributed by atoms with Gasteiger partial charge < -0.3 is 20.0 Å². The van der Waals surface area contributed by atoms with Crippen molar-refractivity contribution in [2.45, 2.75) is 19.4 Å². The van der Waals surface area contributed by atoms with Crippen molar-refractivity contribution >= 4 is 19.8 Å². The predicted octanol–water partition coefficient (Wildman–Crippen LogP) is -0.0777. The van der Waals surface area contributed by atoms with Crippen molar-refractivity contribution in [3.63, 3.8) is 0 Å². The molecule has 0 atom stereocenters. The van der Waals surface area contributed by atoms with Crippen molar-refractivity contribution in [1.82, 2.24) is 4.67 Å². The SMILES string of the molecule is CC(C)(C(=O)O)N(C(=O)O)P(=O)(O)O. The molecule has 0 heterocycles. The van der Waals surface area contributed by atoms with Gasteiger partial charge in [-0.15, -0.1) is 0 Å². The van der Waals surface area contributed by atoms with E-state index < -0.39 is 30.0 Å². The van der Waals surface area contributed by atoms with Gasteiger partial charge in [0.1, 0.15) is 5.54 Å². The highest BCUT2D eigenvalue weighted by molar-refractivity contribution is 7.50.